The van der Waals surface area contributed by atoms with E-state index in [2.05, 4.69) is 63.0 Å². The first kappa shape index (κ1) is 18.4. The lowest BCUT2D eigenvalue weighted by atomic mass is 9.95. The van der Waals surface area contributed by atoms with Crippen molar-refractivity contribution >= 4 is 34.8 Å². The van der Waals surface area contributed by atoms with Gasteiger partial charge in [-0.3, -0.25) is 0 Å². The third kappa shape index (κ3) is 3.04. The molecule has 0 amide bonds. The van der Waals surface area contributed by atoms with E-state index < -0.39 is 8.07 Å². The van der Waals surface area contributed by atoms with E-state index in [0.717, 1.165) is 46.6 Å². The molecule has 0 aromatic heterocycles. The molecule has 150 valence electrons. The van der Waals surface area contributed by atoms with Crippen molar-refractivity contribution < 1.29 is 18.9 Å². The van der Waals surface area contributed by atoms with Crippen LogP contribution in [-0.2, 0) is 0 Å². The lowest BCUT2D eigenvalue weighted by molar-refractivity contribution is 0.173. The molecule has 0 atom stereocenters. The van der Waals surface area contributed by atoms with Crippen LogP contribution in [0.4, 0.5) is 0 Å². The Labute approximate surface area is 172 Å². The highest BCUT2D eigenvalue weighted by atomic mass is 28.3. The predicted octanol–water partition coefficient (Wildman–Crippen LogP) is 6.51. The minimum Gasteiger partial charge on any atom is -0.454 e. The maximum Gasteiger partial charge on any atom is 0.231 e. The average molecular weight is 407 g/mol. The van der Waals surface area contributed by atoms with E-state index in [1.165, 1.54) is 21.5 Å². The summed E-state index contributed by atoms with van der Waals surface area (Å²) in [5, 5.41) is 6.18. The summed E-state index contributed by atoms with van der Waals surface area (Å²) in [4.78, 5) is 0. The number of unbranched alkanes of at least 4 members (excludes halogenated alkanes) is 1. The van der Waals surface area contributed by atoms with Gasteiger partial charge in [0.15, 0.2) is 23.0 Å². The molecule has 0 bridgehead atoms. The molecule has 3 aromatic carbocycles. The van der Waals surface area contributed by atoms with E-state index >= 15 is 0 Å². The molecule has 0 saturated carbocycles. The Morgan fingerprint density at radius 1 is 0.793 bits per heavy atom. The van der Waals surface area contributed by atoms with Crippen LogP contribution in [0.2, 0.25) is 19.6 Å². The minimum absolute atomic E-state index is 0.276. The lowest BCUT2D eigenvalue weighted by Crippen LogP contribution is -2.23. The van der Waals surface area contributed by atoms with Crippen molar-refractivity contribution in [2.24, 2.45) is 0 Å². The van der Waals surface area contributed by atoms with Gasteiger partial charge in [-0.15, -0.1) is 0 Å². The molecule has 0 aliphatic carbocycles. The quantitative estimate of drug-likeness (QED) is 0.365. The highest BCUT2D eigenvalue weighted by molar-refractivity contribution is 6.93. The fourth-order valence-electron chi connectivity index (χ4n) is 4.26. The second kappa shape index (κ2) is 6.70. The first-order chi connectivity index (χ1) is 14.0. The highest BCUT2D eigenvalue weighted by Gasteiger charge is 2.26. The van der Waals surface area contributed by atoms with Gasteiger partial charge in [0, 0.05) is 0 Å². The van der Waals surface area contributed by atoms with Crippen molar-refractivity contribution in [2.75, 3.05) is 13.6 Å². The Morgan fingerprint density at radius 3 is 1.93 bits per heavy atom. The van der Waals surface area contributed by atoms with Crippen LogP contribution >= 0.6 is 0 Å². The molecule has 0 fully saturated rings. The Bertz CT molecular complexity index is 1160. The zero-order valence-corrected chi connectivity index (χ0v) is 18.4. The first-order valence-corrected chi connectivity index (χ1v) is 13.8. The number of allylic oxidation sites excluding steroid dienone is 1. The van der Waals surface area contributed by atoms with Crippen molar-refractivity contribution in [2.45, 2.75) is 39.4 Å². The summed E-state index contributed by atoms with van der Waals surface area (Å²) in [6.07, 6.45) is 4.68. The van der Waals surface area contributed by atoms with E-state index in [4.69, 9.17) is 18.9 Å². The van der Waals surface area contributed by atoms with Gasteiger partial charge in [0.05, 0.1) is 8.07 Å². The molecule has 0 radical (unpaired) electrons. The molecule has 4 nitrogen and oxygen atoms in total. The molecule has 2 aliphatic heterocycles. The van der Waals surface area contributed by atoms with Crippen LogP contribution in [0.3, 0.4) is 0 Å². The van der Waals surface area contributed by atoms with Gasteiger partial charge in [-0.1, -0.05) is 44.3 Å². The van der Waals surface area contributed by atoms with E-state index in [1.807, 2.05) is 0 Å². The monoisotopic (exact) mass is 406 g/mol. The Hall–Kier alpha value is -2.66. The molecule has 0 spiro atoms. The molecule has 2 aliphatic rings. The van der Waals surface area contributed by atoms with Gasteiger partial charge in [-0.05, 0) is 63.9 Å². The molecule has 29 heavy (non-hydrogen) atoms. The van der Waals surface area contributed by atoms with E-state index in [-0.39, 0.29) is 13.6 Å². The number of benzene rings is 3. The van der Waals surface area contributed by atoms with Crippen LogP contribution in [0.5, 0.6) is 23.0 Å². The summed E-state index contributed by atoms with van der Waals surface area (Å²) in [5.41, 5.74) is 1.30. The average Bonchev–Trinajstić information content (AvgIpc) is 3.32. The Balaban J connectivity index is 1.88. The first-order valence-electron chi connectivity index (χ1n) is 10.3. The molecular formula is C24H26O4Si. The second-order valence-corrected chi connectivity index (χ2v) is 13.8. The fraction of sp³-hybridized carbons (Fsp3) is 0.333. The van der Waals surface area contributed by atoms with E-state index in [9.17, 15) is 0 Å². The van der Waals surface area contributed by atoms with Gasteiger partial charge in [0.25, 0.3) is 0 Å². The normalized spacial score (nSPS) is 15.5. The van der Waals surface area contributed by atoms with E-state index in [1.54, 1.807) is 0 Å². The number of ether oxygens (including phenoxy) is 4. The number of hydrogen-bond acceptors (Lipinski definition) is 4. The van der Waals surface area contributed by atoms with Gasteiger partial charge < -0.3 is 18.9 Å². The minimum atomic E-state index is -1.58. The SMILES string of the molecule is CCC/C=C(\c1cc2cc3c(cc2c2cc4c(cc12)OCO4)OCO3)[Si](C)(C)C. The van der Waals surface area contributed by atoms with Crippen molar-refractivity contribution in [3.8, 4) is 23.0 Å². The van der Waals surface area contributed by atoms with Gasteiger partial charge in [0.1, 0.15) is 0 Å². The fourth-order valence-corrected chi connectivity index (χ4v) is 6.03. The molecular weight excluding hydrogens is 380 g/mol. The molecule has 3 aromatic rings. The third-order valence-corrected chi connectivity index (χ3v) is 7.76. The van der Waals surface area contributed by atoms with Crippen LogP contribution in [0, 0.1) is 0 Å². The lowest BCUT2D eigenvalue weighted by Gasteiger charge is -2.24. The maximum atomic E-state index is 5.72. The summed E-state index contributed by atoms with van der Waals surface area (Å²) in [6, 6.07) is 10.8. The van der Waals surface area contributed by atoms with E-state index in [0.29, 0.717) is 0 Å². The van der Waals surface area contributed by atoms with Gasteiger partial charge in [-0.2, -0.15) is 0 Å². The van der Waals surface area contributed by atoms with Crippen molar-refractivity contribution in [1.29, 1.82) is 0 Å². The van der Waals surface area contributed by atoms with Crippen LogP contribution in [0.15, 0.2) is 36.4 Å². The highest BCUT2D eigenvalue weighted by Crippen LogP contribution is 2.46. The third-order valence-electron chi connectivity index (χ3n) is 5.67. The molecule has 0 unspecified atom stereocenters. The zero-order chi connectivity index (χ0) is 20.2. The van der Waals surface area contributed by atoms with Crippen molar-refractivity contribution in [1.82, 2.24) is 0 Å². The largest absolute Gasteiger partial charge is 0.454 e. The molecule has 5 heteroatoms. The molecule has 5 rings (SSSR count). The van der Waals surface area contributed by atoms with Gasteiger partial charge in [-0.25, -0.2) is 0 Å². The summed E-state index contributed by atoms with van der Waals surface area (Å²) < 4.78 is 22.7. The van der Waals surface area contributed by atoms with Gasteiger partial charge >= 0.3 is 0 Å². The molecule has 0 N–H and O–H groups in total. The van der Waals surface area contributed by atoms with Crippen molar-refractivity contribution in [3.63, 3.8) is 0 Å². The topological polar surface area (TPSA) is 36.9 Å². The summed E-state index contributed by atoms with van der Waals surface area (Å²) in [7, 11) is -1.58. The van der Waals surface area contributed by atoms with Crippen LogP contribution in [-0.4, -0.2) is 21.7 Å². The molecule has 0 saturated heterocycles. The summed E-state index contributed by atoms with van der Waals surface area (Å²) in [5.74, 6) is 3.25. The van der Waals surface area contributed by atoms with Crippen LogP contribution < -0.4 is 18.9 Å². The Kier molecular flexibility index (Phi) is 4.24. The number of fused-ring (bicyclic) bond motifs is 5. The van der Waals surface area contributed by atoms with Crippen LogP contribution in [0.1, 0.15) is 25.3 Å². The van der Waals surface area contributed by atoms with Crippen molar-refractivity contribution in [3.05, 3.63) is 42.0 Å². The maximum absolute atomic E-state index is 5.72. The smallest absolute Gasteiger partial charge is 0.231 e. The summed E-state index contributed by atoms with van der Waals surface area (Å²) >= 11 is 0. The summed E-state index contributed by atoms with van der Waals surface area (Å²) in [6.45, 7) is 10.0. The van der Waals surface area contributed by atoms with Gasteiger partial charge in [0.2, 0.25) is 13.6 Å². The zero-order valence-electron chi connectivity index (χ0n) is 17.4. The standard InChI is InChI=1S/C24H26O4Si/c1-5-6-7-24(29(2,3)4)19-8-15-9-20-21(26-13-25-20)10-16(15)17-11-22-23(12-18(17)19)28-14-27-22/h7-12H,5-6,13-14H2,1-4H3/b24-7+. The Morgan fingerprint density at radius 2 is 1.34 bits per heavy atom. The predicted molar refractivity (Wildman–Crippen MR) is 120 cm³/mol. The second-order valence-electron chi connectivity index (χ2n) is 8.76. The number of rotatable bonds is 4. The number of hydrogen-bond donors (Lipinski definition) is 0. The molecule has 2 heterocycles. The van der Waals surface area contributed by atoms with Crippen LogP contribution in [0.25, 0.3) is 26.7 Å².